The molecule has 0 spiro atoms. The predicted octanol–water partition coefficient (Wildman–Crippen LogP) is 3.24. The van der Waals surface area contributed by atoms with Crippen LogP contribution in [-0.2, 0) is 0 Å². The molecule has 0 radical (unpaired) electrons. The van der Waals surface area contributed by atoms with Crippen LogP contribution < -0.4 is 10.1 Å². The van der Waals surface area contributed by atoms with Crippen LogP contribution in [0.3, 0.4) is 0 Å². The van der Waals surface area contributed by atoms with Crippen LogP contribution in [0.1, 0.15) is 18.0 Å². The van der Waals surface area contributed by atoms with Crippen molar-refractivity contribution in [1.82, 2.24) is 10.3 Å². The Morgan fingerprint density at radius 1 is 1.44 bits per heavy atom. The Balaban J connectivity index is 2.31. The number of hydrogen-bond acceptors (Lipinski definition) is 4. The summed E-state index contributed by atoms with van der Waals surface area (Å²) in [6.07, 6.45) is 0. The molecule has 0 aliphatic heterocycles. The van der Waals surface area contributed by atoms with Crippen LogP contribution in [0.25, 0.3) is 11.3 Å². The fraction of sp³-hybridized carbons (Fsp3) is 0.308. The summed E-state index contributed by atoms with van der Waals surface area (Å²) >= 11 is 1.57. The van der Waals surface area contributed by atoms with Gasteiger partial charge in [0.1, 0.15) is 5.01 Å². The average Bonchev–Trinajstić information content (AvgIpc) is 2.87. The van der Waals surface area contributed by atoms with E-state index >= 15 is 0 Å². The SMILES string of the molecule is CNC(C)c1nc(-c2ccc(OC)c(F)c2)cs1. The molecule has 1 aromatic carbocycles. The lowest BCUT2D eigenvalue weighted by Crippen LogP contribution is -2.11. The van der Waals surface area contributed by atoms with Gasteiger partial charge in [0.25, 0.3) is 0 Å². The third-order valence-corrected chi connectivity index (χ3v) is 3.80. The maximum absolute atomic E-state index is 13.6. The molecular weight excluding hydrogens is 251 g/mol. The van der Waals surface area contributed by atoms with E-state index in [0.717, 1.165) is 16.3 Å². The summed E-state index contributed by atoms with van der Waals surface area (Å²) in [4.78, 5) is 4.50. The van der Waals surface area contributed by atoms with Gasteiger partial charge in [-0.3, -0.25) is 0 Å². The van der Waals surface area contributed by atoms with E-state index < -0.39 is 0 Å². The zero-order valence-corrected chi connectivity index (χ0v) is 11.3. The number of nitrogens with zero attached hydrogens (tertiary/aromatic N) is 1. The summed E-state index contributed by atoms with van der Waals surface area (Å²) in [6.45, 7) is 2.04. The van der Waals surface area contributed by atoms with Gasteiger partial charge in [-0.25, -0.2) is 9.37 Å². The summed E-state index contributed by atoms with van der Waals surface area (Å²) < 4.78 is 18.5. The van der Waals surface area contributed by atoms with Gasteiger partial charge in [-0.05, 0) is 32.2 Å². The summed E-state index contributed by atoms with van der Waals surface area (Å²) in [5.41, 5.74) is 1.55. The number of rotatable bonds is 4. The molecular formula is C13H15FN2OS. The quantitative estimate of drug-likeness (QED) is 0.922. The van der Waals surface area contributed by atoms with Gasteiger partial charge in [0.15, 0.2) is 11.6 Å². The zero-order chi connectivity index (χ0) is 13.1. The van der Waals surface area contributed by atoms with E-state index in [0.29, 0.717) is 0 Å². The molecule has 0 fully saturated rings. The van der Waals surface area contributed by atoms with E-state index in [1.807, 2.05) is 25.4 Å². The van der Waals surface area contributed by atoms with E-state index in [1.54, 1.807) is 17.4 Å². The fourth-order valence-corrected chi connectivity index (χ4v) is 2.46. The average molecular weight is 266 g/mol. The number of benzene rings is 1. The number of ether oxygens (including phenoxy) is 1. The van der Waals surface area contributed by atoms with Crippen molar-refractivity contribution in [1.29, 1.82) is 0 Å². The molecule has 0 aliphatic rings. The molecule has 1 N–H and O–H groups in total. The van der Waals surface area contributed by atoms with Crippen LogP contribution in [-0.4, -0.2) is 19.1 Å². The van der Waals surface area contributed by atoms with Crippen molar-refractivity contribution < 1.29 is 9.13 Å². The van der Waals surface area contributed by atoms with Gasteiger partial charge in [0.05, 0.1) is 18.8 Å². The first-order valence-electron chi connectivity index (χ1n) is 5.62. The molecule has 1 aromatic heterocycles. The Morgan fingerprint density at radius 3 is 2.83 bits per heavy atom. The van der Waals surface area contributed by atoms with Crippen molar-refractivity contribution in [3.63, 3.8) is 0 Å². The van der Waals surface area contributed by atoms with E-state index in [9.17, 15) is 4.39 Å². The molecule has 1 atom stereocenters. The van der Waals surface area contributed by atoms with Crippen LogP contribution >= 0.6 is 11.3 Å². The molecule has 5 heteroatoms. The topological polar surface area (TPSA) is 34.2 Å². The third-order valence-electron chi connectivity index (χ3n) is 2.77. The first-order valence-corrected chi connectivity index (χ1v) is 6.50. The van der Waals surface area contributed by atoms with E-state index in [2.05, 4.69) is 10.3 Å². The first kappa shape index (κ1) is 13.0. The van der Waals surface area contributed by atoms with Crippen LogP contribution in [0.2, 0.25) is 0 Å². The van der Waals surface area contributed by atoms with Crippen LogP contribution in [0, 0.1) is 5.82 Å². The number of halogens is 1. The fourth-order valence-electron chi connectivity index (χ4n) is 1.57. The maximum atomic E-state index is 13.6. The molecule has 0 amide bonds. The first-order chi connectivity index (χ1) is 8.65. The highest BCUT2D eigenvalue weighted by Crippen LogP contribution is 2.28. The number of methoxy groups -OCH3 is 1. The molecule has 2 rings (SSSR count). The highest BCUT2D eigenvalue weighted by molar-refractivity contribution is 7.10. The maximum Gasteiger partial charge on any atom is 0.165 e. The van der Waals surface area contributed by atoms with Gasteiger partial charge in [-0.1, -0.05) is 0 Å². The molecule has 18 heavy (non-hydrogen) atoms. The molecule has 2 aromatic rings. The Hall–Kier alpha value is -1.46. The van der Waals surface area contributed by atoms with Crippen molar-refractivity contribution >= 4 is 11.3 Å². The minimum absolute atomic E-state index is 0.201. The lowest BCUT2D eigenvalue weighted by atomic mass is 10.1. The number of hydrogen-bond donors (Lipinski definition) is 1. The lowest BCUT2D eigenvalue weighted by Gasteiger charge is -2.05. The normalized spacial score (nSPS) is 12.4. The molecule has 1 heterocycles. The predicted molar refractivity (Wildman–Crippen MR) is 71.5 cm³/mol. The molecule has 0 saturated carbocycles. The lowest BCUT2D eigenvalue weighted by molar-refractivity contribution is 0.386. The van der Waals surface area contributed by atoms with Crippen molar-refractivity contribution in [3.05, 3.63) is 34.4 Å². The molecule has 0 saturated heterocycles. The van der Waals surface area contributed by atoms with E-state index in [-0.39, 0.29) is 17.6 Å². The van der Waals surface area contributed by atoms with Gasteiger partial charge >= 0.3 is 0 Å². The van der Waals surface area contributed by atoms with Gasteiger partial charge in [-0.2, -0.15) is 0 Å². The second-order valence-corrected chi connectivity index (χ2v) is 4.82. The number of aromatic nitrogens is 1. The Labute approximate surface area is 110 Å². The van der Waals surface area contributed by atoms with Gasteiger partial charge in [-0.15, -0.1) is 11.3 Å². The molecule has 1 unspecified atom stereocenters. The smallest absolute Gasteiger partial charge is 0.165 e. The summed E-state index contributed by atoms with van der Waals surface area (Å²) in [7, 11) is 3.34. The Kier molecular flexibility index (Phi) is 3.93. The van der Waals surface area contributed by atoms with Crippen molar-refractivity contribution in [2.75, 3.05) is 14.2 Å². The van der Waals surface area contributed by atoms with E-state index in [1.165, 1.54) is 13.2 Å². The van der Waals surface area contributed by atoms with Gasteiger partial charge in [0, 0.05) is 10.9 Å². The Bertz CT molecular complexity index is 542. The van der Waals surface area contributed by atoms with Crippen LogP contribution in [0.4, 0.5) is 4.39 Å². The van der Waals surface area contributed by atoms with Crippen LogP contribution in [0.5, 0.6) is 5.75 Å². The number of nitrogens with one attached hydrogen (secondary N) is 1. The molecule has 3 nitrogen and oxygen atoms in total. The van der Waals surface area contributed by atoms with Crippen molar-refractivity contribution in [2.24, 2.45) is 0 Å². The van der Waals surface area contributed by atoms with Crippen LogP contribution in [0.15, 0.2) is 23.6 Å². The summed E-state index contributed by atoms with van der Waals surface area (Å²) in [5, 5.41) is 6.05. The highest BCUT2D eigenvalue weighted by atomic mass is 32.1. The second kappa shape index (κ2) is 5.46. The molecule has 0 bridgehead atoms. The van der Waals surface area contributed by atoms with Gasteiger partial charge < -0.3 is 10.1 Å². The highest BCUT2D eigenvalue weighted by Gasteiger charge is 2.11. The minimum Gasteiger partial charge on any atom is -0.494 e. The Morgan fingerprint density at radius 2 is 2.22 bits per heavy atom. The largest absolute Gasteiger partial charge is 0.494 e. The molecule has 96 valence electrons. The van der Waals surface area contributed by atoms with Gasteiger partial charge in [0.2, 0.25) is 0 Å². The monoisotopic (exact) mass is 266 g/mol. The van der Waals surface area contributed by atoms with Crippen molar-refractivity contribution in [3.8, 4) is 17.0 Å². The summed E-state index contributed by atoms with van der Waals surface area (Å²) in [5.74, 6) is -0.121. The second-order valence-electron chi connectivity index (χ2n) is 3.93. The van der Waals surface area contributed by atoms with E-state index in [4.69, 9.17) is 4.74 Å². The molecule has 0 aliphatic carbocycles. The standard InChI is InChI=1S/C13H15FN2OS/c1-8(15-2)13-16-11(7-18-13)9-4-5-12(17-3)10(14)6-9/h4-8,15H,1-3H3. The minimum atomic E-state index is -0.369. The summed E-state index contributed by atoms with van der Waals surface area (Å²) in [6, 6.07) is 5.07. The van der Waals surface area contributed by atoms with Crippen molar-refractivity contribution in [2.45, 2.75) is 13.0 Å². The number of thiazole rings is 1. The zero-order valence-electron chi connectivity index (χ0n) is 10.5. The third kappa shape index (κ3) is 2.52.